The summed E-state index contributed by atoms with van der Waals surface area (Å²) in [5, 5.41) is 0.667. The van der Waals surface area contributed by atoms with E-state index in [1.807, 2.05) is 4.90 Å². The van der Waals surface area contributed by atoms with Crippen molar-refractivity contribution in [3.05, 3.63) is 66.4 Å². The lowest BCUT2D eigenvalue weighted by Gasteiger charge is -2.35. The first-order valence-corrected chi connectivity index (χ1v) is 10.5. The third kappa shape index (κ3) is 3.79. The summed E-state index contributed by atoms with van der Waals surface area (Å²) < 4.78 is 66.9. The summed E-state index contributed by atoms with van der Waals surface area (Å²) in [7, 11) is -3.62. The van der Waals surface area contributed by atoms with E-state index in [9.17, 15) is 21.6 Å². The molecule has 1 aliphatic rings. The Morgan fingerprint density at radius 2 is 1.48 bits per heavy atom. The van der Waals surface area contributed by atoms with Gasteiger partial charge in [-0.3, -0.25) is 0 Å². The maximum Gasteiger partial charge on any atom is 0.477 e. The number of H-pyrrole nitrogens is 1. The first kappa shape index (κ1) is 19.7. The van der Waals surface area contributed by atoms with E-state index in [0.717, 1.165) is 6.07 Å². The van der Waals surface area contributed by atoms with Gasteiger partial charge in [-0.15, -0.1) is 0 Å². The number of benzene rings is 2. The fourth-order valence-corrected chi connectivity index (χ4v) is 4.98. The van der Waals surface area contributed by atoms with Crippen molar-refractivity contribution in [1.82, 2.24) is 4.31 Å². The third-order valence-electron chi connectivity index (χ3n) is 5.02. The second-order valence-corrected chi connectivity index (χ2v) is 8.75. The molecule has 1 aliphatic heterocycles. The van der Waals surface area contributed by atoms with Crippen molar-refractivity contribution >= 4 is 26.6 Å². The van der Waals surface area contributed by atoms with Crippen LogP contribution in [0.15, 0.2) is 65.6 Å². The van der Waals surface area contributed by atoms with Crippen LogP contribution in [0.2, 0.25) is 0 Å². The summed E-state index contributed by atoms with van der Waals surface area (Å²) >= 11 is 0. The fourth-order valence-electron chi connectivity index (χ4n) is 3.54. The number of anilines is 1. The molecule has 0 radical (unpaired) electrons. The second kappa shape index (κ2) is 7.31. The van der Waals surface area contributed by atoms with Gasteiger partial charge in [0.2, 0.25) is 15.5 Å². The molecule has 5 nitrogen and oxygen atoms in total. The molecule has 1 saturated heterocycles. The molecule has 2 aromatic carbocycles. The summed E-state index contributed by atoms with van der Waals surface area (Å²) in [5.41, 5.74) is 0.00522. The van der Waals surface area contributed by atoms with E-state index < -0.39 is 21.9 Å². The predicted molar refractivity (Wildman–Crippen MR) is 103 cm³/mol. The van der Waals surface area contributed by atoms with Crippen LogP contribution in [0.1, 0.15) is 5.69 Å². The molecule has 2 heterocycles. The molecule has 0 atom stereocenters. The zero-order valence-electron chi connectivity index (χ0n) is 15.4. The van der Waals surface area contributed by atoms with E-state index in [1.165, 1.54) is 16.4 Å². The van der Waals surface area contributed by atoms with Crippen LogP contribution in [-0.4, -0.2) is 38.9 Å². The largest absolute Gasteiger partial charge is 0.477 e. The van der Waals surface area contributed by atoms with Crippen molar-refractivity contribution in [1.29, 1.82) is 0 Å². The van der Waals surface area contributed by atoms with Gasteiger partial charge >= 0.3 is 6.18 Å². The number of alkyl halides is 3. The van der Waals surface area contributed by atoms with Crippen LogP contribution in [0, 0.1) is 0 Å². The van der Waals surface area contributed by atoms with Gasteiger partial charge in [0.15, 0.2) is 0 Å². The van der Waals surface area contributed by atoms with Gasteiger partial charge in [-0.05, 0) is 18.2 Å². The van der Waals surface area contributed by atoms with Crippen molar-refractivity contribution in [2.45, 2.75) is 11.1 Å². The monoisotopic (exact) mass is 422 g/mol. The Morgan fingerprint density at radius 1 is 0.862 bits per heavy atom. The number of para-hydroxylation sites is 1. The molecule has 0 bridgehead atoms. The van der Waals surface area contributed by atoms with Crippen LogP contribution in [-0.2, 0) is 16.2 Å². The minimum atomic E-state index is -4.50. The molecule has 29 heavy (non-hydrogen) atoms. The van der Waals surface area contributed by atoms with E-state index in [2.05, 4.69) is 4.98 Å². The number of aromatic amines is 1. The predicted octanol–water partition coefficient (Wildman–Crippen LogP) is 3.18. The fraction of sp³-hybridized carbons (Fsp3) is 0.250. The summed E-state index contributed by atoms with van der Waals surface area (Å²) in [6.45, 7) is 1.01. The zero-order chi connectivity index (χ0) is 20.6. The van der Waals surface area contributed by atoms with Gasteiger partial charge in [-0.25, -0.2) is 13.4 Å². The highest BCUT2D eigenvalue weighted by atomic mass is 32.2. The van der Waals surface area contributed by atoms with Gasteiger partial charge in [-0.1, -0.05) is 30.3 Å². The van der Waals surface area contributed by atoms with Crippen LogP contribution in [0.5, 0.6) is 0 Å². The highest BCUT2D eigenvalue weighted by molar-refractivity contribution is 7.89. The van der Waals surface area contributed by atoms with Crippen LogP contribution < -0.4 is 9.88 Å². The van der Waals surface area contributed by atoms with Crippen LogP contribution in [0.25, 0.3) is 10.9 Å². The van der Waals surface area contributed by atoms with Gasteiger partial charge in [0.05, 0.1) is 16.0 Å². The molecule has 9 heteroatoms. The van der Waals surface area contributed by atoms with E-state index in [4.69, 9.17) is 0 Å². The standard InChI is InChI=1S/C20H18F3N3O2S/c21-20(22,23)19-14-18(16-8-4-5-9-17(16)24-19)25-10-12-26(13-11-25)29(27,28)15-6-2-1-3-7-15/h1-9,14H,10-13H2/p+1. The molecule has 1 N–H and O–H groups in total. The van der Waals surface area contributed by atoms with Crippen molar-refractivity contribution in [2.75, 3.05) is 31.1 Å². The molecule has 1 fully saturated rings. The van der Waals surface area contributed by atoms with Gasteiger partial charge in [0, 0.05) is 38.3 Å². The minimum absolute atomic E-state index is 0.200. The average molecular weight is 422 g/mol. The lowest BCUT2D eigenvalue weighted by atomic mass is 10.1. The average Bonchev–Trinajstić information content (AvgIpc) is 2.73. The number of pyridine rings is 1. The number of fused-ring (bicyclic) bond motifs is 1. The number of hydrogen-bond acceptors (Lipinski definition) is 3. The first-order chi connectivity index (χ1) is 13.8. The number of nitrogens with zero attached hydrogens (tertiary/aromatic N) is 2. The van der Waals surface area contributed by atoms with Crippen LogP contribution in [0.3, 0.4) is 0 Å². The maximum atomic E-state index is 13.3. The van der Waals surface area contributed by atoms with E-state index in [-0.39, 0.29) is 18.0 Å². The SMILES string of the molecule is O=S(=O)(c1ccccc1)N1CCN(c2cc(C(F)(F)F)[nH+]c3ccccc23)CC1. The Bertz CT molecular complexity index is 1130. The van der Waals surface area contributed by atoms with Gasteiger partial charge in [-0.2, -0.15) is 17.5 Å². The molecule has 0 unspecified atom stereocenters. The Balaban J connectivity index is 1.63. The Morgan fingerprint density at radius 3 is 2.14 bits per heavy atom. The molecule has 0 amide bonds. The molecule has 152 valence electrons. The molecule has 1 aromatic heterocycles. The van der Waals surface area contributed by atoms with Crippen molar-refractivity contribution < 1.29 is 26.6 Å². The van der Waals surface area contributed by atoms with E-state index in [0.29, 0.717) is 29.7 Å². The summed E-state index contributed by atoms with van der Waals surface area (Å²) in [5.74, 6) is 0. The molecular weight excluding hydrogens is 403 g/mol. The molecule has 3 aromatic rings. The maximum absolute atomic E-state index is 13.3. The quantitative estimate of drug-likeness (QED) is 0.652. The number of sulfonamides is 1. The van der Waals surface area contributed by atoms with E-state index >= 15 is 0 Å². The Hall–Kier alpha value is -2.65. The topological polar surface area (TPSA) is 54.8 Å². The Labute approximate surface area is 166 Å². The second-order valence-electron chi connectivity index (χ2n) is 6.82. The summed E-state index contributed by atoms with van der Waals surface area (Å²) in [6, 6.07) is 16.0. The van der Waals surface area contributed by atoms with Gasteiger partial charge < -0.3 is 4.90 Å². The van der Waals surface area contributed by atoms with E-state index in [1.54, 1.807) is 42.5 Å². The molecule has 0 spiro atoms. The lowest BCUT2D eigenvalue weighted by Crippen LogP contribution is -2.48. The highest BCUT2D eigenvalue weighted by Crippen LogP contribution is 2.33. The third-order valence-corrected chi connectivity index (χ3v) is 6.93. The molecular formula is C20H19F3N3O2S+. The number of rotatable bonds is 3. The summed E-state index contributed by atoms with van der Waals surface area (Å²) in [4.78, 5) is 4.47. The molecule has 0 aliphatic carbocycles. The highest BCUT2D eigenvalue weighted by Gasteiger charge is 2.40. The van der Waals surface area contributed by atoms with Gasteiger partial charge in [0.25, 0.3) is 5.69 Å². The smallest absolute Gasteiger partial charge is 0.368 e. The van der Waals surface area contributed by atoms with Crippen LogP contribution in [0.4, 0.5) is 18.9 Å². The number of piperazine rings is 1. The van der Waals surface area contributed by atoms with Crippen molar-refractivity contribution in [2.24, 2.45) is 0 Å². The van der Waals surface area contributed by atoms with Crippen molar-refractivity contribution in [3.63, 3.8) is 0 Å². The number of nitrogens with one attached hydrogen (secondary N) is 1. The number of aromatic nitrogens is 1. The molecule has 4 rings (SSSR count). The first-order valence-electron chi connectivity index (χ1n) is 9.09. The van der Waals surface area contributed by atoms with Crippen LogP contribution >= 0.6 is 0 Å². The lowest BCUT2D eigenvalue weighted by molar-refractivity contribution is -0.398. The van der Waals surface area contributed by atoms with Crippen molar-refractivity contribution in [3.8, 4) is 0 Å². The normalized spacial score (nSPS) is 16.3. The summed E-state index contributed by atoms with van der Waals surface area (Å²) in [6.07, 6.45) is -4.50. The van der Waals surface area contributed by atoms with Gasteiger partial charge in [0.1, 0.15) is 0 Å². The molecule has 0 saturated carbocycles. The Kier molecular flexibility index (Phi) is 4.95. The minimum Gasteiger partial charge on any atom is -0.368 e. The number of hydrogen-bond donors (Lipinski definition) is 0. The zero-order valence-corrected chi connectivity index (χ0v) is 16.2. The number of halogens is 3.